The summed E-state index contributed by atoms with van der Waals surface area (Å²) in [5, 5.41) is 6.68. The molecule has 1 aromatic rings. The van der Waals surface area contributed by atoms with Crippen LogP contribution in [0.4, 0.5) is 5.69 Å². The topological polar surface area (TPSA) is 70.2 Å². The molecule has 2 rings (SSSR count). The molecule has 6 heteroatoms. The Labute approximate surface area is 121 Å². The predicted molar refractivity (Wildman–Crippen MR) is 81.4 cm³/mol. The largest absolute Gasteiger partial charge is 0.384 e. The molecule has 1 unspecified atom stereocenters. The van der Waals surface area contributed by atoms with E-state index in [0.717, 1.165) is 19.5 Å². The third-order valence-corrected chi connectivity index (χ3v) is 5.09. The smallest absolute Gasteiger partial charge is 0.242 e. The molecule has 1 aliphatic heterocycles. The van der Waals surface area contributed by atoms with Crippen molar-refractivity contribution in [3.05, 3.63) is 24.3 Å². The van der Waals surface area contributed by atoms with Gasteiger partial charge in [-0.05, 0) is 37.9 Å². The van der Waals surface area contributed by atoms with Crippen molar-refractivity contribution in [3.8, 4) is 0 Å². The molecule has 112 valence electrons. The minimum absolute atomic E-state index is 0.321. The zero-order chi connectivity index (χ0) is 14.4. The van der Waals surface area contributed by atoms with Crippen LogP contribution in [0.1, 0.15) is 26.2 Å². The molecular formula is C14H23N3O2S. The summed E-state index contributed by atoms with van der Waals surface area (Å²) in [5.74, 6) is 0. The van der Waals surface area contributed by atoms with E-state index < -0.39 is 10.0 Å². The van der Waals surface area contributed by atoms with Crippen LogP contribution in [0.25, 0.3) is 0 Å². The second-order valence-corrected chi connectivity index (χ2v) is 6.74. The second kappa shape index (κ2) is 7.06. The lowest BCUT2D eigenvalue weighted by molar-refractivity contribution is 0.573. The van der Waals surface area contributed by atoms with E-state index in [4.69, 9.17) is 0 Å². The fraction of sp³-hybridized carbons (Fsp3) is 0.571. The summed E-state index contributed by atoms with van der Waals surface area (Å²) in [6.45, 7) is 4.04. The van der Waals surface area contributed by atoms with E-state index in [9.17, 15) is 8.42 Å². The Morgan fingerprint density at radius 2 is 2.15 bits per heavy atom. The molecule has 5 nitrogen and oxygen atoms in total. The lowest BCUT2D eigenvalue weighted by atomic mass is 10.1. The van der Waals surface area contributed by atoms with Crippen LogP contribution in [0.2, 0.25) is 0 Å². The summed E-state index contributed by atoms with van der Waals surface area (Å²) in [6, 6.07) is 7.59. The number of benzene rings is 1. The molecule has 1 fully saturated rings. The maximum atomic E-state index is 12.1. The summed E-state index contributed by atoms with van der Waals surface area (Å²) in [5.41, 5.74) is 0.673. The molecule has 0 saturated carbocycles. The molecule has 1 aliphatic rings. The molecule has 0 amide bonds. The summed E-state index contributed by atoms with van der Waals surface area (Å²) < 4.78 is 26.7. The quantitative estimate of drug-likeness (QED) is 0.714. The highest BCUT2D eigenvalue weighted by Gasteiger charge is 2.17. The minimum Gasteiger partial charge on any atom is -0.384 e. The molecule has 1 aromatic carbocycles. The van der Waals surface area contributed by atoms with Crippen LogP contribution in [0, 0.1) is 0 Å². The first kappa shape index (κ1) is 15.3. The summed E-state index contributed by atoms with van der Waals surface area (Å²) in [4.78, 5) is 0.321. The Kier molecular flexibility index (Phi) is 5.39. The molecule has 20 heavy (non-hydrogen) atoms. The number of anilines is 1. The normalized spacial score (nSPS) is 19.1. The fourth-order valence-electron chi connectivity index (χ4n) is 2.50. The van der Waals surface area contributed by atoms with Gasteiger partial charge in [-0.3, -0.25) is 0 Å². The molecule has 3 N–H and O–H groups in total. The lowest BCUT2D eigenvalue weighted by Crippen LogP contribution is -2.26. The van der Waals surface area contributed by atoms with E-state index in [1.165, 1.54) is 12.8 Å². The van der Waals surface area contributed by atoms with Gasteiger partial charge in [0.1, 0.15) is 4.90 Å². The van der Waals surface area contributed by atoms with Gasteiger partial charge in [0.2, 0.25) is 10.0 Å². The van der Waals surface area contributed by atoms with Gasteiger partial charge in [-0.15, -0.1) is 0 Å². The highest BCUT2D eigenvalue weighted by Crippen LogP contribution is 2.20. The molecule has 0 aromatic heterocycles. The van der Waals surface area contributed by atoms with Gasteiger partial charge in [0.05, 0.1) is 5.69 Å². The standard InChI is InChI=1S/C14H23N3O2S/c1-2-17-20(18,19)14-8-4-3-7-13(14)16-11-9-12-6-5-10-15-12/h3-4,7-8,12,15-17H,2,5-6,9-11H2,1H3. The van der Waals surface area contributed by atoms with E-state index in [-0.39, 0.29) is 0 Å². The molecule has 0 radical (unpaired) electrons. The van der Waals surface area contributed by atoms with Gasteiger partial charge in [0, 0.05) is 19.1 Å². The highest BCUT2D eigenvalue weighted by molar-refractivity contribution is 7.89. The van der Waals surface area contributed by atoms with Crippen LogP contribution >= 0.6 is 0 Å². The van der Waals surface area contributed by atoms with Crippen molar-refractivity contribution >= 4 is 15.7 Å². The van der Waals surface area contributed by atoms with Gasteiger partial charge in [0.25, 0.3) is 0 Å². The molecular weight excluding hydrogens is 274 g/mol. The zero-order valence-corrected chi connectivity index (χ0v) is 12.7. The molecule has 1 heterocycles. The van der Waals surface area contributed by atoms with Gasteiger partial charge in [-0.2, -0.15) is 0 Å². The number of hydrogen-bond donors (Lipinski definition) is 3. The van der Waals surface area contributed by atoms with Gasteiger partial charge in [0.15, 0.2) is 0 Å². The maximum absolute atomic E-state index is 12.1. The number of para-hydroxylation sites is 1. The molecule has 1 saturated heterocycles. The minimum atomic E-state index is -3.42. The first-order valence-electron chi connectivity index (χ1n) is 7.19. The van der Waals surface area contributed by atoms with Crippen molar-refractivity contribution in [2.24, 2.45) is 0 Å². The number of rotatable bonds is 7. The Morgan fingerprint density at radius 1 is 1.35 bits per heavy atom. The van der Waals surface area contributed by atoms with Crippen LogP contribution < -0.4 is 15.4 Å². The van der Waals surface area contributed by atoms with Crippen LogP contribution in [-0.2, 0) is 10.0 Å². The number of hydrogen-bond acceptors (Lipinski definition) is 4. The lowest BCUT2D eigenvalue weighted by Gasteiger charge is -2.14. The Hall–Kier alpha value is -1.11. The predicted octanol–water partition coefficient (Wildman–Crippen LogP) is 1.54. The average molecular weight is 297 g/mol. The molecule has 0 bridgehead atoms. The van der Waals surface area contributed by atoms with Gasteiger partial charge in [-0.25, -0.2) is 13.1 Å². The average Bonchev–Trinajstić information content (AvgIpc) is 2.92. The van der Waals surface area contributed by atoms with Crippen LogP contribution in [-0.4, -0.2) is 34.1 Å². The molecule has 1 atom stereocenters. The van der Waals surface area contributed by atoms with Gasteiger partial charge < -0.3 is 10.6 Å². The van der Waals surface area contributed by atoms with Crippen LogP contribution in [0.15, 0.2) is 29.2 Å². The summed E-state index contributed by atoms with van der Waals surface area (Å²) in [7, 11) is -3.42. The van der Waals surface area contributed by atoms with E-state index in [1.54, 1.807) is 19.1 Å². The van der Waals surface area contributed by atoms with Crippen molar-refractivity contribution < 1.29 is 8.42 Å². The zero-order valence-electron chi connectivity index (χ0n) is 11.9. The van der Waals surface area contributed by atoms with E-state index in [1.807, 2.05) is 12.1 Å². The van der Waals surface area contributed by atoms with Crippen molar-refractivity contribution in [2.75, 3.05) is 25.0 Å². The highest BCUT2D eigenvalue weighted by atomic mass is 32.2. The maximum Gasteiger partial charge on any atom is 0.242 e. The van der Waals surface area contributed by atoms with Crippen LogP contribution in [0.3, 0.4) is 0 Å². The van der Waals surface area contributed by atoms with Crippen LogP contribution in [0.5, 0.6) is 0 Å². The Morgan fingerprint density at radius 3 is 2.85 bits per heavy atom. The molecule has 0 spiro atoms. The fourth-order valence-corrected chi connectivity index (χ4v) is 3.72. The van der Waals surface area contributed by atoms with E-state index in [0.29, 0.717) is 23.2 Å². The molecule has 0 aliphatic carbocycles. The van der Waals surface area contributed by atoms with Gasteiger partial charge >= 0.3 is 0 Å². The Balaban J connectivity index is 2.00. The van der Waals surface area contributed by atoms with Crippen molar-refractivity contribution in [1.29, 1.82) is 0 Å². The number of sulfonamides is 1. The van der Waals surface area contributed by atoms with E-state index in [2.05, 4.69) is 15.4 Å². The number of nitrogens with one attached hydrogen (secondary N) is 3. The Bertz CT molecular complexity index is 525. The van der Waals surface area contributed by atoms with Crippen molar-refractivity contribution in [1.82, 2.24) is 10.0 Å². The third-order valence-electron chi connectivity index (χ3n) is 3.48. The first-order chi connectivity index (χ1) is 9.63. The van der Waals surface area contributed by atoms with Crippen molar-refractivity contribution in [2.45, 2.75) is 37.1 Å². The first-order valence-corrected chi connectivity index (χ1v) is 8.68. The summed E-state index contributed by atoms with van der Waals surface area (Å²) >= 11 is 0. The SMILES string of the molecule is CCNS(=O)(=O)c1ccccc1NCCC1CCCN1. The van der Waals surface area contributed by atoms with Gasteiger partial charge in [-0.1, -0.05) is 19.1 Å². The van der Waals surface area contributed by atoms with E-state index >= 15 is 0 Å². The second-order valence-electron chi connectivity index (χ2n) is 5.01. The summed E-state index contributed by atoms with van der Waals surface area (Å²) in [6.07, 6.45) is 3.45. The van der Waals surface area contributed by atoms with Crippen molar-refractivity contribution in [3.63, 3.8) is 0 Å². The monoisotopic (exact) mass is 297 g/mol. The third kappa shape index (κ3) is 3.94.